The zero-order valence-electron chi connectivity index (χ0n) is 25.3. The number of carbonyl (C=O) groups is 1. The summed E-state index contributed by atoms with van der Waals surface area (Å²) in [4.78, 5) is 18.9. The lowest BCUT2D eigenvalue weighted by molar-refractivity contribution is -0.274. The molecular weight excluding hydrogens is 620 g/mol. The van der Waals surface area contributed by atoms with Crippen molar-refractivity contribution in [3.63, 3.8) is 0 Å². The van der Waals surface area contributed by atoms with E-state index in [1.165, 1.54) is 56.0 Å². The van der Waals surface area contributed by atoms with Gasteiger partial charge in [-0.2, -0.15) is 0 Å². The average Bonchev–Trinajstić information content (AvgIpc) is 3.52. The topological polar surface area (TPSA) is 58.0 Å². The monoisotopic (exact) mass is 659 g/mol. The fraction of sp³-hybridized carbons (Fsp3) is 0.588. The third-order valence-corrected chi connectivity index (χ3v) is 11.7. The smallest absolute Gasteiger partial charge is 0.456 e. The first-order valence-corrected chi connectivity index (χ1v) is 17.6. The Balaban J connectivity index is 1.09. The Bertz CT molecular complexity index is 1410. The van der Waals surface area contributed by atoms with E-state index in [1.807, 2.05) is 17.0 Å². The summed E-state index contributed by atoms with van der Waals surface area (Å²) in [6, 6.07) is 7.87. The van der Waals surface area contributed by atoms with Crippen molar-refractivity contribution >= 4 is 40.3 Å². The molecule has 4 aliphatic carbocycles. The second-order valence-corrected chi connectivity index (χ2v) is 15.1. The van der Waals surface area contributed by atoms with Crippen LogP contribution in [0, 0.1) is 23.7 Å². The van der Waals surface area contributed by atoms with Crippen molar-refractivity contribution in [1.29, 1.82) is 0 Å². The zero-order chi connectivity index (χ0) is 31.1. The fourth-order valence-corrected chi connectivity index (χ4v) is 9.98. The molecule has 45 heavy (non-hydrogen) atoms. The van der Waals surface area contributed by atoms with Crippen molar-refractivity contribution in [2.75, 3.05) is 32.7 Å². The first kappa shape index (κ1) is 31.3. The molecule has 2 aromatic rings. The first-order valence-electron chi connectivity index (χ1n) is 16.4. The van der Waals surface area contributed by atoms with Crippen LogP contribution in [0.5, 0.6) is 5.75 Å². The molecule has 3 heterocycles. The number of rotatable bonds is 10. The number of unbranched alkanes of at least 4 members (excludes halogenated alkanes) is 2. The summed E-state index contributed by atoms with van der Waals surface area (Å²) < 4.78 is 49.1. The Morgan fingerprint density at radius 3 is 2.36 bits per heavy atom. The van der Waals surface area contributed by atoms with E-state index in [9.17, 15) is 18.0 Å². The molecule has 2 saturated heterocycles. The molecule has 0 spiro atoms. The van der Waals surface area contributed by atoms with Gasteiger partial charge in [0.25, 0.3) is 5.91 Å². The number of aryl methyl sites for hydroxylation is 1. The molecule has 242 valence electrons. The highest BCUT2D eigenvalue weighted by Gasteiger charge is 2.53. The van der Waals surface area contributed by atoms with Gasteiger partial charge >= 0.3 is 6.36 Å². The van der Waals surface area contributed by atoms with Gasteiger partial charge < -0.3 is 19.4 Å². The summed E-state index contributed by atoms with van der Waals surface area (Å²) in [7, 11) is 0. The molecule has 1 aromatic heterocycles. The van der Waals surface area contributed by atoms with Crippen molar-refractivity contribution in [2.24, 2.45) is 23.7 Å². The van der Waals surface area contributed by atoms with Crippen LogP contribution in [0.4, 0.5) is 13.2 Å². The first-order chi connectivity index (χ1) is 21.7. The number of alkyl halides is 3. The van der Waals surface area contributed by atoms with E-state index < -0.39 is 6.36 Å². The van der Waals surface area contributed by atoms with E-state index in [0.717, 1.165) is 75.8 Å². The lowest BCUT2D eigenvalue weighted by Gasteiger charge is -2.56. The minimum absolute atomic E-state index is 0.0175. The third-order valence-electron chi connectivity index (χ3n) is 10.4. The number of piperazine rings is 1. The minimum Gasteiger partial charge on any atom is -0.456 e. The predicted molar refractivity (Wildman–Crippen MR) is 174 cm³/mol. The van der Waals surface area contributed by atoms with Crippen LogP contribution >= 0.6 is 24.0 Å². The van der Waals surface area contributed by atoms with Crippen molar-refractivity contribution in [3.8, 4) is 17.1 Å². The van der Waals surface area contributed by atoms with Gasteiger partial charge in [0, 0.05) is 43.9 Å². The SMILES string of the molecule is O=C1/C(=C/c2oc(-c3ccc(OC(F)(F)F)cc3)cc2CCCCCN2CCNCC2)SC(=S)N1C1C2CC3CC(C2)CC1C3. The van der Waals surface area contributed by atoms with E-state index in [-0.39, 0.29) is 17.7 Å². The van der Waals surface area contributed by atoms with Crippen LogP contribution in [-0.2, 0) is 11.2 Å². The van der Waals surface area contributed by atoms with Crippen molar-refractivity contribution in [3.05, 3.63) is 46.6 Å². The Hall–Kier alpha value is -2.34. The molecule has 0 unspecified atom stereocenters. The van der Waals surface area contributed by atoms with Gasteiger partial charge in [-0.15, -0.1) is 13.2 Å². The molecule has 2 aliphatic heterocycles. The summed E-state index contributed by atoms with van der Waals surface area (Å²) in [5, 5.41) is 3.39. The third kappa shape index (κ3) is 7.01. The molecule has 6 aliphatic rings. The standard InChI is InChI=1S/C34H40F3N3O3S2/c35-34(36,37)43-27-7-5-23(6-8-27)28-19-24(4-2-1-3-11-39-12-9-38-10-13-39)29(42-28)20-30-32(41)40(33(44)45-30)31-25-15-21-14-22(17-25)18-26(31)16-21/h5-8,19-22,25-26,31,38H,1-4,9-18H2/b30-20-. The van der Waals surface area contributed by atoms with E-state index in [0.29, 0.717) is 38.1 Å². The quantitative estimate of drug-likeness (QED) is 0.161. The number of thiocarbonyl (C=S) groups is 1. The maximum Gasteiger partial charge on any atom is 0.573 e. The molecule has 0 atom stereocenters. The molecule has 6 fully saturated rings. The Morgan fingerprint density at radius 2 is 1.69 bits per heavy atom. The number of nitrogens with one attached hydrogen (secondary N) is 1. The molecule has 11 heteroatoms. The Labute approximate surface area is 272 Å². The number of benzene rings is 1. The highest BCUT2D eigenvalue weighted by Crippen LogP contribution is 2.56. The number of hydrogen-bond acceptors (Lipinski definition) is 7. The number of carbonyl (C=O) groups excluding carboxylic acids is 1. The van der Waals surface area contributed by atoms with Gasteiger partial charge in [-0.3, -0.25) is 9.69 Å². The number of hydrogen-bond donors (Lipinski definition) is 1. The summed E-state index contributed by atoms with van der Waals surface area (Å²) in [5.74, 6) is 3.58. The summed E-state index contributed by atoms with van der Waals surface area (Å²) in [6.07, 6.45) is 7.23. The minimum atomic E-state index is -4.75. The molecule has 1 N–H and O–H groups in total. The summed E-state index contributed by atoms with van der Waals surface area (Å²) in [5.41, 5.74) is 1.63. The zero-order valence-corrected chi connectivity index (χ0v) is 27.0. The van der Waals surface area contributed by atoms with Gasteiger partial charge in [0.1, 0.15) is 21.6 Å². The molecule has 6 nitrogen and oxygen atoms in total. The number of thioether (sulfide) groups is 1. The van der Waals surface area contributed by atoms with Gasteiger partial charge in [-0.25, -0.2) is 0 Å². The number of ether oxygens (including phenoxy) is 1. The lowest BCUT2D eigenvalue weighted by Crippen LogP contribution is -2.57. The Kier molecular flexibility index (Phi) is 9.06. The number of furan rings is 1. The molecule has 1 amide bonds. The lowest BCUT2D eigenvalue weighted by atomic mass is 9.54. The van der Waals surface area contributed by atoms with Crippen LogP contribution in [0.2, 0.25) is 0 Å². The van der Waals surface area contributed by atoms with Crippen molar-refractivity contribution in [2.45, 2.75) is 70.2 Å². The molecule has 8 rings (SSSR count). The molecule has 4 bridgehead atoms. The van der Waals surface area contributed by atoms with E-state index >= 15 is 0 Å². The molecular formula is C34H40F3N3O3S2. The maximum absolute atomic E-state index is 13.9. The second-order valence-electron chi connectivity index (χ2n) is 13.4. The summed E-state index contributed by atoms with van der Waals surface area (Å²) in [6.45, 7) is 5.34. The van der Waals surface area contributed by atoms with Gasteiger partial charge in [-0.1, -0.05) is 30.4 Å². The van der Waals surface area contributed by atoms with Gasteiger partial charge in [-0.05, 0) is 117 Å². The van der Waals surface area contributed by atoms with Crippen molar-refractivity contribution < 1.29 is 27.1 Å². The number of amides is 1. The van der Waals surface area contributed by atoms with Crippen LogP contribution in [0.3, 0.4) is 0 Å². The summed E-state index contributed by atoms with van der Waals surface area (Å²) >= 11 is 7.19. The highest BCUT2D eigenvalue weighted by molar-refractivity contribution is 8.26. The fourth-order valence-electron chi connectivity index (χ4n) is 8.66. The molecule has 1 aromatic carbocycles. The van der Waals surface area contributed by atoms with Crippen LogP contribution in [0.15, 0.2) is 39.7 Å². The maximum atomic E-state index is 13.9. The number of halogens is 3. The predicted octanol–water partition coefficient (Wildman–Crippen LogP) is 7.49. The van der Waals surface area contributed by atoms with E-state index in [1.54, 1.807) is 12.1 Å². The van der Waals surface area contributed by atoms with Crippen molar-refractivity contribution in [1.82, 2.24) is 15.1 Å². The molecule has 4 saturated carbocycles. The second kappa shape index (κ2) is 13.0. The Morgan fingerprint density at radius 1 is 1.00 bits per heavy atom. The highest BCUT2D eigenvalue weighted by atomic mass is 32.2. The van der Waals surface area contributed by atoms with Crippen LogP contribution in [0.25, 0.3) is 17.4 Å². The van der Waals surface area contributed by atoms with Crippen LogP contribution in [-0.4, -0.2) is 65.2 Å². The van der Waals surface area contributed by atoms with E-state index in [2.05, 4.69) is 15.0 Å². The van der Waals surface area contributed by atoms with Gasteiger partial charge in [0.15, 0.2) is 0 Å². The largest absolute Gasteiger partial charge is 0.573 e. The van der Waals surface area contributed by atoms with E-state index in [4.69, 9.17) is 16.6 Å². The van der Waals surface area contributed by atoms with Gasteiger partial charge in [0.05, 0.1) is 4.91 Å². The normalized spacial score (nSPS) is 29.4. The molecule has 0 radical (unpaired) electrons. The van der Waals surface area contributed by atoms with Crippen LogP contribution < -0.4 is 10.1 Å². The van der Waals surface area contributed by atoms with Crippen LogP contribution in [0.1, 0.15) is 62.7 Å². The average molecular weight is 660 g/mol. The number of nitrogens with zero attached hydrogens (tertiary/aromatic N) is 2. The van der Waals surface area contributed by atoms with Gasteiger partial charge in [0.2, 0.25) is 0 Å².